The van der Waals surface area contributed by atoms with Crippen LogP contribution in [0.25, 0.3) is 0 Å². The number of nitrogens with two attached hydrogens (primary N) is 1. The number of rotatable bonds is 2. The first-order chi connectivity index (χ1) is 8.97. The van der Waals surface area contributed by atoms with E-state index in [1.54, 1.807) is 12.1 Å². The van der Waals surface area contributed by atoms with Crippen molar-refractivity contribution in [1.82, 2.24) is 0 Å². The average Bonchev–Trinajstić information content (AvgIpc) is 2.32. The van der Waals surface area contributed by atoms with Gasteiger partial charge in [-0.25, -0.2) is 4.39 Å². The molecule has 2 aromatic rings. The fraction of sp³-hybridized carbons (Fsp3) is 0. The summed E-state index contributed by atoms with van der Waals surface area (Å²) in [5, 5.41) is 2.92. The molecule has 0 radical (unpaired) electrons. The van der Waals surface area contributed by atoms with Gasteiger partial charge in [-0.3, -0.25) is 4.79 Å². The minimum absolute atomic E-state index is 0.0315. The topological polar surface area (TPSA) is 55.1 Å². The van der Waals surface area contributed by atoms with Crippen LogP contribution >= 0.6 is 23.2 Å². The van der Waals surface area contributed by atoms with Crippen LogP contribution < -0.4 is 11.1 Å². The van der Waals surface area contributed by atoms with E-state index in [1.165, 1.54) is 12.1 Å². The molecule has 3 N–H and O–H groups in total. The Bertz CT molecular complexity index is 647. The summed E-state index contributed by atoms with van der Waals surface area (Å²) in [6.07, 6.45) is 0. The number of carbonyl (C=O) groups excluding carboxylic acids is 1. The molecule has 0 aliphatic heterocycles. The van der Waals surface area contributed by atoms with Gasteiger partial charge in [-0.15, -0.1) is 0 Å². The first-order valence-electron chi connectivity index (χ1n) is 5.29. The summed E-state index contributed by atoms with van der Waals surface area (Å²) >= 11 is 11.7. The largest absolute Gasteiger partial charge is 0.399 e. The molecular weight excluding hydrogens is 290 g/mol. The normalized spacial score (nSPS) is 10.3. The maximum atomic E-state index is 12.9. The van der Waals surface area contributed by atoms with Gasteiger partial charge in [0.1, 0.15) is 5.82 Å². The molecule has 0 bridgehead atoms. The predicted molar refractivity (Wildman–Crippen MR) is 75.2 cm³/mol. The standard InChI is InChI=1S/C13H9Cl2FN2O/c14-10-5-7(16)1-3-9(10)13(19)18-12-4-2-8(17)6-11(12)15/h1-6H,17H2,(H,18,19). The molecule has 98 valence electrons. The molecule has 0 fully saturated rings. The van der Waals surface area contributed by atoms with Gasteiger partial charge in [0.15, 0.2) is 0 Å². The third-order valence-electron chi connectivity index (χ3n) is 2.42. The van der Waals surface area contributed by atoms with Crippen molar-refractivity contribution in [3.63, 3.8) is 0 Å². The van der Waals surface area contributed by atoms with Crippen LogP contribution in [0.1, 0.15) is 10.4 Å². The summed E-state index contributed by atoms with van der Waals surface area (Å²) in [5.41, 5.74) is 6.61. The number of carbonyl (C=O) groups is 1. The van der Waals surface area contributed by atoms with E-state index in [0.29, 0.717) is 16.4 Å². The van der Waals surface area contributed by atoms with Crippen LogP contribution in [0.5, 0.6) is 0 Å². The van der Waals surface area contributed by atoms with Gasteiger partial charge in [0, 0.05) is 5.69 Å². The summed E-state index contributed by atoms with van der Waals surface area (Å²) in [7, 11) is 0. The van der Waals surface area contributed by atoms with Gasteiger partial charge in [-0.2, -0.15) is 0 Å². The molecule has 0 aliphatic carbocycles. The van der Waals surface area contributed by atoms with Crippen molar-refractivity contribution in [1.29, 1.82) is 0 Å². The highest BCUT2D eigenvalue weighted by molar-refractivity contribution is 6.36. The molecule has 6 heteroatoms. The maximum Gasteiger partial charge on any atom is 0.257 e. The fourth-order valence-corrected chi connectivity index (χ4v) is 1.99. The van der Waals surface area contributed by atoms with Crippen LogP contribution in [0.2, 0.25) is 10.0 Å². The monoisotopic (exact) mass is 298 g/mol. The Hall–Kier alpha value is -1.78. The van der Waals surface area contributed by atoms with Crippen LogP contribution in [0, 0.1) is 5.82 Å². The van der Waals surface area contributed by atoms with E-state index in [9.17, 15) is 9.18 Å². The lowest BCUT2D eigenvalue weighted by atomic mass is 10.2. The van der Waals surface area contributed by atoms with Crippen molar-refractivity contribution in [2.75, 3.05) is 11.1 Å². The van der Waals surface area contributed by atoms with E-state index in [4.69, 9.17) is 28.9 Å². The van der Waals surface area contributed by atoms with Gasteiger partial charge in [0.25, 0.3) is 5.91 Å². The molecule has 0 saturated heterocycles. The van der Waals surface area contributed by atoms with Crippen LogP contribution in [-0.2, 0) is 0 Å². The van der Waals surface area contributed by atoms with Crippen molar-refractivity contribution in [2.45, 2.75) is 0 Å². The Morgan fingerprint density at radius 1 is 1.11 bits per heavy atom. The first kappa shape index (κ1) is 13.6. The number of nitrogens with one attached hydrogen (secondary N) is 1. The van der Waals surface area contributed by atoms with E-state index in [2.05, 4.69) is 5.32 Å². The highest BCUT2D eigenvalue weighted by atomic mass is 35.5. The number of halogens is 3. The van der Waals surface area contributed by atoms with Gasteiger partial charge in [-0.1, -0.05) is 23.2 Å². The minimum atomic E-state index is -0.507. The van der Waals surface area contributed by atoms with Crippen LogP contribution in [-0.4, -0.2) is 5.91 Å². The number of amides is 1. The van der Waals surface area contributed by atoms with Gasteiger partial charge in [-0.05, 0) is 36.4 Å². The molecular formula is C13H9Cl2FN2O. The predicted octanol–water partition coefficient (Wildman–Crippen LogP) is 3.97. The summed E-state index contributed by atoms with van der Waals surface area (Å²) in [6, 6.07) is 8.23. The Morgan fingerprint density at radius 3 is 2.47 bits per heavy atom. The number of anilines is 2. The van der Waals surface area contributed by atoms with Gasteiger partial charge < -0.3 is 11.1 Å². The molecule has 0 aliphatic rings. The number of benzene rings is 2. The van der Waals surface area contributed by atoms with Crippen molar-refractivity contribution < 1.29 is 9.18 Å². The van der Waals surface area contributed by atoms with Crippen LogP contribution in [0.3, 0.4) is 0 Å². The highest BCUT2D eigenvalue weighted by Gasteiger charge is 2.12. The average molecular weight is 299 g/mol. The summed E-state index contributed by atoms with van der Waals surface area (Å²) in [4.78, 5) is 12.0. The highest BCUT2D eigenvalue weighted by Crippen LogP contribution is 2.25. The third-order valence-corrected chi connectivity index (χ3v) is 3.04. The quantitative estimate of drug-likeness (QED) is 0.824. The Balaban J connectivity index is 2.25. The van der Waals surface area contributed by atoms with Gasteiger partial charge in [0.2, 0.25) is 0 Å². The zero-order valence-electron chi connectivity index (χ0n) is 9.58. The first-order valence-corrected chi connectivity index (χ1v) is 6.04. The summed E-state index contributed by atoms with van der Waals surface area (Å²) in [5.74, 6) is -0.983. The molecule has 0 spiro atoms. The molecule has 0 heterocycles. The maximum absolute atomic E-state index is 12.9. The van der Waals surface area contributed by atoms with Gasteiger partial charge in [0.05, 0.1) is 21.3 Å². The van der Waals surface area contributed by atoms with Gasteiger partial charge >= 0.3 is 0 Å². The van der Waals surface area contributed by atoms with E-state index in [0.717, 1.165) is 12.1 Å². The minimum Gasteiger partial charge on any atom is -0.399 e. The van der Waals surface area contributed by atoms with Crippen LogP contribution in [0.15, 0.2) is 36.4 Å². The second-order valence-corrected chi connectivity index (χ2v) is 4.63. The molecule has 0 atom stereocenters. The molecule has 19 heavy (non-hydrogen) atoms. The smallest absolute Gasteiger partial charge is 0.257 e. The van der Waals surface area contributed by atoms with E-state index >= 15 is 0 Å². The number of nitrogen functional groups attached to an aromatic ring is 1. The molecule has 0 unspecified atom stereocenters. The number of hydrogen-bond acceptors (Lipinski definition) is 2. The number of hydrogen-bond donors (Lipinski definition) is 2. The second-order valence-electron chi connectivity index (χ2n) is 3.82. The van der Waals surface area contributed by atoms with Crippen LogP contribution in [0.4, 0.5) is 15.8 Å². The molecule has 2 rings (SSSR count). The fourth-order valence-electron chi connectivity index (χ4n) is 1.50. The lowest BCUT2D eigenvalue weighted by Gasteiger charge is -2.09. The van der Waals surface area contributed by atoms with Crippen molar-refractivity contribution in [3.8, 4) is 0 Å². The Labute approximate surface area is 119 Å². The van der Waals surface area contributed by atoms with Crippen molar-refractivity contribution in [2.24, 2.45) is 0 Å². The molecule has 0 saturated carbocycles. The summed E-state index contributed by atoms with van der Waals surface area (Å²) in [6.45, 7) is 0. The third kappa shape index (κ3) is 3.16. The lowest BCUT2D eigenvalue weighted by molar-refractivity contribution is 0.102. The molecule has 2 aromatic carbocycles. The second kappa shape index (κ2) is 5.47. The molecule has 0 aromatic heterocycles. The molecule has 3 nitrogen and oxygen atoms in total. The van der Waals surface area contributed by atoms with Crippen molar-refractivity contribution >= 4 is 40.5 Å². The molecule has 1 amide bonds. The SMILES string of the molecule is Nc1ccc(NC(=O)c2ccc(F)cc2Cl)c(Cl)c1. The van der Waals surface area contributed by atoms with E-state index < -0.39 is 11.7 Å². The Kier molecular flexibility index (Phi) is 3.93. The van der Waals surface area contributed by atoms with Crippen molar-refractivity contribution in [3.05, 3.63) is 57.8 Å². The zero-order valence-corrected chi connectivity index (χ0v) is 11.1. The Morgan fingerprint density at radius 2 is 1.84 bits per heavy atom. The zero-order chi connectivity index (χ0) is 14.0. The lowest BCUT2D eigenvalue weighted by Crippen LogP contribution is -2.13. The summed E-state index contributed by atoms with van der Waals surface area (Å²) < 4.78 is 12.9. The van der Waals surface area contributed by atoms with E-state index in [-0.39, 0.29) is 10.6 Å². The van der Waals surface area contributed by atoms with E-state index in [1.807, 2.05) is 0 Å².